The predicted molar refractivity (Wildman–Crippen MR) is 90.2 cm³/mol. The zero-order chi connectivity index (χ0) is 17.2. The SMILES string of the molecule is CC1(c2ccccc2)NC(=O)N(CC(=O)NCc2cccs2)C1=O. The smallest absolute Gasteiger partial charge is 0.325 e. The Kier molecular flexibility index (Phi) is 4.35. The lowest BCUT2D eigenvalue weighted by Crippen LogP contribution is -2.43. The summed E-state index contributed by atoms with van der Waals surface area (Å²) < 4.78 is 0. The van der Waals surface area contributed by atoms with Gasteiger partial charge in [0.05, 0.1) is 6.54 Å². The molecule has 1 saturated heterocycles. The molecule has 1 aliphatic heterocycles. The maximum Gasteiger partial charge on any atom is 0.325 e. The molecule has 124 valence electrons. The molecular formula is C17H17N3O3S. The van der Waals surface area contributed by atoms with Crippen LogP contribution in [0.1, 0.15) is 17.4 Å². The van der Waals surface area contributed by atoms with Crippen LogP contribution in [0, 0.1) is 0 Å². The van der Waals surface area contributed by atoms with Crippen LogP contribution in [0.4, 0.5) is 4.79 Å². The highest BCUT2D eigenvalue weighted by atomic mass is 32.1. The van der Waals surface area contributed by atoms with E-state index >= 15 is 0 Å². The van der Waals surface area contributed by atoms with Gasteiger partial charge in [-0.25, -0.2) is 4.79 Å². The van der Waals surface area contributed by atoms with Gasteiger partial charge in [0.2, 0.25) is 5.91 Å². The minimum Gasteiger partial charge on any atom is -0.350 e. The van der Waals surface area contributed by atoms with E-state index in [1.54, 1.807) is 31.2 Å². The molecule has 1 aromatic heterocycles. The lowest BCUT2D eigenvalue weighted by molar-refractivity contribution is -0.134. The van der Waals surface area contributed by atoms with Crippen molar-refractivity contribution in [2.24, 2.45) is 0 Å². The van der Waals surface area contributed by atoms with Gasteiger partial charge < -0.3 is 10.6 Å². The van der Waals surface area contributed by atoms with Crippen molar-refractivity contribution in [1.29, 1.82) is 0 Å². The number of carbonyl (C=O) groups excluding carboxylic acids is 3. The number of thiophene rings is 1. The van der Waals surface area contributed by atoms with Gasteiger partial charge in [0.1, 0.15) is 12.1 Å². The molecule has 0 aliphatic carbocycles. The average molecular weight is 343 g/mol. The van der Waals surface area contributed by atoms with Gasteiger partial charge in [0.15, 0.2) is 0 Å². The number of hydrogen-bond acceptors (Lipinski definition) is 4. The lowest BCUT2D eigenvalue weighted by Gasteiger charge is -2.22. The second-order valence-corrected chi connectivity index (χ2v) is 6.70. The predicted octanol–water partition coefficient (Wildman–Crippen LogP) is 1.83. The summed E-state index contributed by atoms with van der Waals surface area (Å²) in [5.74, 6) is -0.797. The van der Waals surface area contributed by atoms with Crippen LogP contribution >= 0.6 is 11.3 Å². The Morgan fingerprint density at radius 3 is 2.62 bits per heavy atom. The normalized spacial score (nSPS) is 20.1. The quantitative estimate of drug-likeness (QED) is 0.813. The first-order chi connectivity index (χ1) is 11.5. The van der Waals surface area contributed by atoms with E-state index in [0.29, 0.717) is 12.1 Å². The third-order valence-electron chi connectivity index (χ3n) is 3.97. The first kappa shape index (κ1) is 16.2. The van der Waals surface area contributed by atoms with Gasteiger partial charge in [0.25, 0.3) is 5.91 Å². The summed E-state index contributed by atoms with van der Waals surface area (Å²) in [6.07, 6.45) is 0. The summed E-state index contributed by atoms with van der Waals surface area (Å²) >= 11 is 1.53. The van der Waals surface area contributed by atoms with Gasteiger partial charge in [-0.2, -0.15) is 0 Å². The van der Waals surface area contributed by atoms with Gasteiger partial charge in [-0.05, 0) is 23.9 Å². The molecule has 0 saturated carbocycles. The van der Waals surface area contributed by atoms with Crippen LogP contribution in [0.15, 0.2) is 47.8 Å². The molecule has 24 heavy (non-hydrogen) atoms. The second-order valence-electron chi connectivity index (χ2n) is 5.67. The number of nitrogens with zero attached hydrogens (tertiary/aromatic N) is 1. The maximum absolute atomic E-state index is 12.7. The molecule has 7 heteroatoms. The van der Waals surface area contributed by atoms with Crippen molar-refractivity contribution in [2.45, 2.75) is 19.0 Å². The van der Waals surface area contributed by atoms with Gasteiger partial charge in [-0.15, -0.1) is 11.3 Å². The Hall–Kier alpha value is -2.67. The molecular weight excluding hydrogens is 326 g/mol. The molecule has 1 atom stereocenters. The van der Waals surface area contributed by atoms with Crippen LogP contribution in [-0.4, -0.2) is 29.3 Å². The Balaban J connectivity index is 1.67. The number of carbonyl (C=O) groups is 3. The lowest BCUT2D eigenvalue weighted by atomic mass is 9.92. The van der Waals surface area contributed by atoms with E-state index in [1.807, 2.05) is 23.6 Å². The highest BCUT2D eigenvalue weighted by Gasteiger charge is 2.49. The average Bonchev–Trinajstić information content (AvgIpc) is 3.17. The summed E-state index contributed by atoms with van der Waals surface area (Å²) in [6.45, 7) is 1.74. The molecule has 1 aliphatic rings. The number of nitrogens with one attached hydrogen (secondary N) is 2. The third kappa shape index (κ3) is 3.03. The zero-order valence-electron chi connectivity index (χ0n) is 13.1. The molecule has 6 nitrogen and oxygen atoms in total. The number of amides is 4. The van der Waals surface area contributed by atoms with Crippen molar-refractivity contribution in [1.82, 2.24) is 15.5 Å². The van der Waals surface area contributed by atoms with E-state index in [0.717, 1.165) is 9.78 Å². The van der Waals surface area contributed by atoms with Crippen molar-refractivity contribution in [2.75, 3.05) is 6.54 Å². The van der Waals surface area contributed by atoms with Crippen molar-refractivity contribution in [3.8, 4) is 0 Å². The van der Waals surface area contributed by atoms with Crippen molar-refractivity contribution in [3.05, 3.63) is 58.3 Å². The summed E-state index contributed by atoms with van der Waals surface area (Å²) in [5, 5.41) is 7.32. The topological polar surface area (TPSA) is 78.5 Å². The highest BCUT2D eigenvalue weighted by molar-refractivity contribution is 7.09. The van der Waals surface area contributed by atoms with E-state index < -0.39 is 17.5 Å². The van der Waals surface area contributed by atoms with E-state index in [9.17, 15) is 14.4 Å². The molecule has 2 N–H and O–H groups in total. The minimum absolute atomic E-state index is 0.293. The van der Waals surface area contributed by atoms with Crippen LogP contribution in [0.5, 0.6) is 0 Å². The number of rotatable bonds is 5. The summed E-state index contributed by atoms with van der Waals surface area (Å²) in [5.41, 5.74) is -0.461. The maximum atomic E-state index is 12.7. The number of hydrogen-bond donors (Lipinski definition) is 2. The second kappa shape index (κ2) is 6.45. The Morgan fingerprint density at radius 1 is 1.21 bits per heavy atom. The van der Waals surface area contributed by atoms with E-state index in [2.05, 4.69) is 10.6 Å². The summed E-state index contributed by atoms with van der Waals surface area (Å²) in [4.78, 5) is 38.8. The first-order valence-corrected chi connectivity index (χ1v) is 8.37. The largest absolute Gasteiger partial charge is 0.350 e. The molecule has 2 heterocycles. The first-order valence-electron chi connectivity index (χ1n) is 7.49. The molecule has 4 amide bonds. The Bertz CT molecular complexity index is 761. The number of urea groups is 1. The van der Waals surface area contributed by atoms with Crippen molar-refractivity contribution in [3.63, 3.8) is 0 Å². The Morgan fingerprint density at radius 2 is 1.96 bits per heavy atom. The molecule has 1 aromatic carbocycles. The third-order valence-corrected chi connectivity index (χ3v) is 4.84. The fourth-order valence-corrected chi connectivity index (χ4v) is 3.25. The number of imide groups is 1. The van der Waals surface area contributed by atoms with E-state index in [1.165, 1.54) is 11.3 Å². The van der Waals surface area contributed by atoms with Crippen LogP contribution in [-0.2, 0) is 21.7 Å². The molecule has 1 fully saturated rings. The summed E-state index contributed by atoms with van der Waals surface area (Å²) in [6, 6.07) is 12.2. The van der Waals surface area contributed by atoms with E-state index in [4.69, 9.17) is 0 Å². The monoisotopic (exact) mass is 343 g/mol. The highest BCUT2D eigenvalue weighted by Crippen LogP contribution is 2.28. The molecule has 0 radical (unpaired) electrons. The minimum atomic E-state index is -1.15. The van der Waals surface area contributed by atoms with Gasteiger partial charge in [0, 0.05) is 4.88 Å². The van der Waals surface area contributed by atoms with Crippen LogP contribution in [0.25, 0.3) is 0 Å². The zero-order valence-corrected chi connectivity index (χ0v) is 13.9. The van der Waals surface area contributed by atoms with Crippen molar-refractivity contribution >= 4 is 29.2 Å². The van der Waals surface area contributed by atoms with Gasteiger partial charge >= 0.3 is 6.03 Å². The Labute approximate surface area is 143 Å². The van der Waals surface area contributed by atoms with Gasteiger partial charge in [-0.3, -0.25) is 14.5 Å². The van der Waals surface area contributed by atoms with Crippen LogP contribution in [0.2, 0.25) is 0 Å². The fourth-order valence-electron chi connectivity index (χ4n) is 2.61. The van der Waals surface area contributed by atoms with Crippen molar-refractivity contribution < 1.29 is 14.4 Å². The van der Waals surface area contributed by atoms with Gasteiger partial charge in [-0.1, -0.05) is 36.4 Å². The molecule has 0 spiro atoms. The molecule has 0 bridgehead atoms. The standard InChI is InChI=1S/C17H17N3O3S/c1-17(12-6-3-2-4-7-12)15(22)20(16(23)19-17)11-14(21)18-10-13-8-5-9-24-13/h2-9H,10-11H2,1H3,(H,18,21)(H,19,23). The van der Waals surface area contributed by atoms with Crippen LogP contribution in [0.3, 0.4) is 0 Å². The van der Waals surface area contributed by atoms with Crippen LogP contribution < -0.4 is 10.6 Å². The summed E-state index contributed by atoms with van der Waals surface area (Å²) in [7, 11) is 0. The molecule has 3 rings (SSSR count). The molecule has 2 aromatic rings. The van der Waals surface area contributed by atoms with E-state index in [-0.39, 0.29) is 12.5 Å². The fraction of sp³-hybridized carbons (Fsp3) is 0.235. The molecule has 1 unspecified atom stereocenters. The number of benzene rings is 1.